The first kappa shape index (κ1) is 17.0. The van der Waals surface area contributed by atoms with Gasteiger partial charge in [-0.15, -0.1) is 0 Å². The number of hydrogen-bond acceptors (Lipinski definition) is 3. The van der Waals surface area contributed by atoms with Crippen LogP contribution < -0.4 is 0 Å². The van der Waals surface area contributed by atoms with Crippen LogP contribution in [0.15, 0.2) is 23.4 Å². The molecule has 2 heterocycles. The molecule has 4 rings (SSSR count). The quantitative estimate of drug-likeness (QED) is 0.829. The van der Waals surface area contributed by atoms with Crippen LogP contribution in [0.3, 0.4) is 0 Å². The molecule has 2 aliphatic rings. The van der Waals surface area contributed by atoms with Crippen LogP contribution in [0, 0.1) is 17.8 Å². The number of imidazole rings is 1. The fourth-order valence-electron chi connectivity index (χ4n) is 5.13. The van der Waals surface area contributed by atoms with Gasteiger partial charge in [0, 0.05) is 12.6 Å². The van der Waals surface area contributed by atoms with Gasteiger partial charge < -0.3 is 9.88 Å². The number of nitrogens with zero attached hydrogens (tertiary/aromatic N) is 2. The molecule has 1 amide bonds. The van der Waals surface area contributed by atoms with Crippen molar-refractivity contribution >= 4 is 28.7 Å². The third-order valence-corrected chi connectivity index (χ3v) is 6.54. The van der Waals surface area contributed by atoms with E-state index in [0.717, 1.165) is 35.6 Å². The molecular weight excluding hydrogens is 330 g/mol. The van der Waals surface area contributed by atoms with Crippen LogP contribution in [-0.2, 0) is 4.79 Å². The van der Waals surface area contributed by atoms with Gasteiger partial charge in [0.2, 0.25) is 5.91 Å². The van der Waals surface area contributed by atoms with E-state index in [1.165, 1.54) is 23.7 Å². The molecule has 0 spiro atoms. The van der Waals surface area contributed by atoms with Crippen LogP contribution in [0.4, 0.5) is 0 Å². The van der Waals surface area contributed by atoms with E-state index in [1.807, 2.05) is 6.07 Å². The third-order valence-electron chi connectivity index (χ3n) is 5.68. The van der Waals surface area contributed by atoms with E-state index in [9.17, 15) is 4.79 Å². The smallest absolute Gasteiger partial charge is 0.233 e. The van der Waals surface area contributed by atoms with Crippen molar-refractivity contribution in [3.8, 4) is 0 Å². The Kier molecular flexibility index (Phi) is 3.91. The summed E-state index contributed by atoms with van der Waals surface area (Å²) in [7, 11) is 0. The topological polar surface area (TPSA) is 49.0 Å². The van der Waals surface area contributed by atoms with E-state index >= 15 is 0 Å². The third kappa shape index (κ3) is 3.31. The largest absolute Gasteiger partial charge is 0.338 e. The van der Waals surface area contributed by atoms with Crippen molar-refractivity contribution in [2.45, 2.75) is 58.2 Å². The van der Waals surface area contributed by atoms with Crippen LogP contribution in [0.2, 0.25) is 0 Å². The Balaban J connectivity index is 1.43. The SMILES string of the molecule is Cc1ccc2nc(SCC(=O)N3C[C@@]4(C)C[C@@H]3CC(C)(C)C4)[nH]c2c1. The Morgan fingerprint density at radius 2 is 2.16 bits per heavy atom. The maximum absolute atomic E-state index is 12.8. The van der Waals surface area contributed by atoms with Crippen LogP contribution in [-0.4, -0.2) is 39.1 Å². The molecule has 1 aliphatic carbocycles. The Morgan fingerprint density at radius 3 is 2.96 bits per heavy atom. The van der Waals surface area contributed by atoms with E-state index in [-0.39, 0.29) is 5.91 Å². The number of nitrogens with one attached hydrogen (secondary N) is 1. The molecule has 2 atom stereocenters. The van der Waals surface area contributed by atoms with Gasteiger partial charge in [-0.3, -0.25) is 4.79 Å². The van der Waals surface area contributed by atoms with Crippen molar-refractivity contribution < 1.29 is 4.79 Å². The fraction of sp³-hybridized carbons (Fsp3) is 0.600. The first-order valence-electron chi connectivity index (χ1n) is 9.12. The highest BCUT2D eigenvalue weighted by Crippen LogP contribution is 2.52. The van der Waals surface area contributed by atoms with Gasteiger partial charge in [0.15, 0.2) is 5.16 Å². The highest BCUT2D eigenvalue weighted by molar-refractivity contribution is 7.99. The molecule has 1 aliphatic heterocycles. The van der Waals surface area contributed by atoms with Gasteiger partial charge in [-0.05, 0) is 54.7 Å². The summed E-state index contributed by atoms with van der Waals surface area (Å²) < 4.78 is 0. The monoisotopic (exact) mass is 357 g/mol. The molecule has 134 valence electrons. The number of thioether (sulfide) groups is 1. The molecule has 1 aromatic heterocycles. The molecular formula is C20H27N3OS. The fourth-order valence-corrected chi connectivity index (χ4v) is 5.90. The van der Waals surface area contributed by atoms with Crippen molar-refractivity contribution in [2.24, 2.45) is 10.8 Å². The second-order valence-electron chi connectivity index (χ2n) is 9.09. The zero-order chi connectivity index (χ0) is 17.8. The normalized spacial score (nSPS) is 27.8. The zero-order valence-corrected chi connectivity index (χ0v) is 16.4. The molecule has 0 unspecified atom stereocenters. The Labute approximate surface area is 153 Å². The maximum Gasteiger partial charge on any atom is 0.233 e. The van der Waals surface area contributed by atoms with Crippen molar-refractivity contribution in [2.75, 3.05) is 12.3 Å². The molecule has 2 aromatic rings. The van der Waals surface area contributed by atoms with E-state index in [1.54, 1.807) is 0 Å². The molecule has 0 radical (unpaired) electrons. The second kappa shape index (κ2) is 5.76. The second-order valence-corrected chi connectivity index (χ2v) is 10.1. The summed E-state index contributed by atoms with van der Waals surface area (Å²) in [5, 5.41) is 0.836. The number of hydrogen-bond donors (Lipinski definition) is 1. The number of aromatic nitrogens is 2. The minimum absolute atomic E-state index is 0.257. The van der Waals surface area contributed by atoms with Crippen molar-refractivity contribution in [3.63, 3.8) is 0 Å². The van der Waals surface area contributed by atoms with Crippen molar-refractivity contribution in [1.29, 1.82) is 0 Å². The molecule has 1 saturated heterocycles. The molecule has 2 fully saturated rings. The number of aromatic amines is 1. The van der Waals surface area contributed by atoms with Crippen molar-refractivity contribution in [3.05, 3.63) is 23.8 Å². The summed E-state index contributed by atoms with van der Waals surface area (Å²) in [5.41, 5.74) is 3.86. The number of aryl methyl sites for hydroxylation is 1. The first-order valence-corrected chi connectivity index (χ1v) is 10.1. The lowest BCUT2D eigenvalue weighted by Gasteiger charge is -2.39. The zero-order valence-electron chi connectivity index (χ0n) is 15.6. The van der Waals surface area contributed by atoms with Gasteiger partial charge in [-0.1, -0.05) is 38.6 Å². The number of fused-ring (bicyclic) bond motifs is 3. The number of H-pyrrole nitrogens is 1. The highest BCUT2D eigenvalue weighted by Gasteiger charge is 2.50. The molecule has 4 nitrogen and oxygen atoms in total. The minimum atomic E-state index is 0.257. The van der Waals surface area contributed by atoms with E-state index in [2.05, 4.69) is 54.7 Å². The summed E-state index contributed by atoms with van der Waals surface area (Å²) in [6.45, 7) is 10.0. The summed E-state index contributed by atoms with van der Waals surface area (Å²) in [5.74, 6) is 0.722. The average Bonchev–Trinajstić information content (AvgIpc) is 3.01. The van der Waals surface area contributed by atoms with Crippen LogP contribution in [0.25, 0.3) is 11.0 Å². The van der Waals surface area contributed by atoms with Crippen LogP contribution in [0.5, 0.6) is 0 Å². The average molecular weight is 358 g/mol. The van der Waals surface area contributed by atoms with Gasteiger partial charge in [-0.2, -0.15) is 0 Å². The number of rotatable bonds is 3. The first-order chi connectivity index (χ1) is 11.7. The van der Waals surface area contributed by atoms with E-state index in [0.29, 0.717) is 22.6 Å². The number of benzene rings is 1. The van der Waals surface area contributed by atoms with Gasteiger partial charge >= 0.3 is 0 Å². The maximum atomic E-state index is 12.8. The van der Waals surface area contributed by atoms with Crippen LogP contribution in [0.1, 0.15) is 45.6 Å². The molecule has 2 bridgehead atoms. The lowest BCUT2D eigenvalue weighted by Crippen LogP contribution is -2.38. The standard InChI is InChI=1S/C20H27N3OS/c1-13-5-6-15-16(7-13)22-18(21-15)25-10-17(24)23-12-20(4)9-14(23)8-19(2,3)11-20/h5-7,14H,8-12H2,1-4H3,(H,21,22)/t14-,20-/m0/s1. The molecule has 5 heteroatoms. The summed E-state index contributed by atoms with van der Waals surface area (Å²) >= 11 is 1.52. The summed E-state index contributed by atoms with van der Waals surface area (Å²) in [6.07, 6.45) is 3.51. The van der Waals surface area contributed by atoms with Gasteiger partial charge in [0.1, 0.15) is 0 Å². The summed E-state index contributed by atoms with van der Waals surface area (Å²) in [6, 6.07) is 6.61. The number of likely N-dealkylation sites (tertiary alicyclic amines) is 1. The molecule has 1 N–H and O–H groups in total. The van der Waals surface area contributed by atoms with Gasteiger partial charge in [0.25, 0.3) is 0 Å². The van der Waals surface area contributed by atoms with E-state index < -0.39 is 0 Å². The Morgan fingerprint density at radius 1 is 1.36 bits per heavy atom. The number of carbonyl (C=O) groups is 1. The number of amides is 1. The highest BCUT2D eigenvalue weighted by atomic mass is 32.2. The number of carbonyl (C=O) groups excluding carboxylic acids is 1. The van der Waals surface area contributed by atoms with Crippen molar-refractivity contribution in [1.82, 2.24) is 14.9 Å². The molecule has 1 saturated carbocycles. The predicted octanol–water partition coefficient (Wildman–Crippen LogP) is 4.39. The van der Waals surface area contributed by atoms with Crippen LogP contribution >= 0.6 is 11.8 Å². The minimum Gasteiger partial charge on any atom is -0.338 e. The molecule has 25 heavy (non-hydrogen) atoms. The summed E-state index contributed by atoms with van der Waals surface area (Å²) in [4.78, 5) is 22.9. The Bertz CT molecular complexity index is 827. The predicted molar refractivity (Wildman–Crippen MR) is 103 cm³/mol. The lowest BCUT2D eigenvalue weighted by atomic mass is 9.65. The van der Waals surface area contributed by atoms with Gasteiger partial charge in [-0.25, -0.2) is 4.98 Å². The molecule has 1 aromatic carbocycles. The Hall–Kier alpha value is -1.49. The van der Waals surface area contributed by atoms with E-state index in [4.69, 9.17) is 0 Å². The lowest BCUT2D eigenvalue weighted by molar-refractivity contribution is -0.129. The van der Waals surface area contributed by atoms with Gasteiger partial charge in [0.05, 0.1) is 16.8 Å².